The van der Waals surface area contributed by atoms with Gasteiger partial charge in [0.15, 0.2) is 5.78 Å². The molecule has 3 heteroatoms. The van der Waals surface area contributed by atoms with Crippen LogP contribution in [0.25, 0.3) is 5.69 Å². The molecular formula is C21H28N2O. The van der Waals surface area contributed by atoms with E-state index >= 15 is 0 Å². The van der Waals surface area contributed by atoms with Gasteiger partial charge in [-0.15, -0.1) is 0 Å². The molecule has 0 N–H and O–H groups in total. The summed E-state index contributed by atoms with van der Waals surface area (Å²) in [6.45, 7) is 11.1. The maximum atomic E-state index is 12.8. The second-order valence-corrected chi connectivity index (χ2v) is 7.36. The monoisotopic (exact) mass is 324 g/mol. The highest BCUT2D eigenvalue weighted by molar-refractivity contribution is 5.99. The number of aryl methyl sites for hydroxylation is 2. The van der Waals surface area contributed by atoms with Crippen molar-refractivity contribution in [1.29, 1.82) is 0 Å². The first-order valence-corrected chi connectivity index (χ1v) is 8.97. The van der Waals surface area contributed by atoms with Crippen LogP contribution >= 0.6 is 0 Å². The van der Waals surface area contributed by atoms with Gasteiger partial charge in [-0.3, -0.25) is 9.69 Å². The summed E-state index contributed by atoms with van der Waals surface area (Å²) in [6.07, 6.45) is 2.49. The molecule has 0 amide bonds. The first-order valence-electron chi connectivity index (χ1n) is 8.97. The van der Waals surface area contributed by atoms with Crippen LogP contribution in [0.4, 0.5) is 0 Å². The Bertz CT molecular complexity index is 727. The summed E-state index contributed by atoms with van der Waals surface area (Å²) in [5, 5.41) is 0. The third kappa shape index (κ3) is 3.46. The average Bonchev–Trinajstić information content (AvgIpc) is 2.83. The number of nitrogens with zero attached hydrogens (tertiary/aromatic N) is 2. The minimum Gasteiger partial charge on any atom is -0.318 e. The van der Waals surface area contributed by atoms with Crippen LogP contribution in [-0.4, -0.2) is 34.9 Å². The lowest BCUT2D eigenvalue weighted by atomic mass is 9.99. The van der Waals surface area contributed by atoms with Crippen molar-refractivity contribution in [3.05, 3.63) is 52.8 Å². The van der Waals surface area contributed by atoms with Gasteiger partial charge in [0.1, 0.15) is 0 Å². The molecule has 2 heterocycles. The Morgan fingerprint density at radius 1 is 1.17 bits per heavy atom. The van der Waals surface area contributed by atoms with Gasteiger partial charge in [-0.25, -0.2) is 0 Å². The highest BCUT2D eigenvalue weighted by Gasteiger charge is 2.22. The molecule has 0 aliphatic carbocycles. The van der Waals surface area contributed by atoms with Gasteiger partial charge >= 0.3 is 0 Å². The van der Waals surface area contributed by atoms with Crippen molar-refractivity contribution >= 4 is 5.78 Å². The molecule has 1 aliphatic heterocycles. The van der Waals surface area contributed by atoms with Crippen LogP contribution in [0.1, 0.15) is 47.1 Å². The molecule has 1 aromatic carbocycles. The van der Waals surface area contributed by atoms with E-state index in [0.29, 0.717) is 12.5 Å². The van der Waals surface area contributed by atoms with Gasteiger partial charge in [0.25, 0.3) is 0 Å². The molecule has 3 rings (SSSR count). The van der Waals surface area contributed by atoms with Crippen LogP contribution in [0.3, 0.4) is 0 Å². The van der Waals surface area contributed by atoms with Crippen LogP contribution in [-0.2, 0) is 0 Å². The van der Waals surface area contributed by atoms with Crippen molar-refractivity contribution in [2.45, 2.75) is 40.5 Å². The van der Waals surface area contributed by atoms with Crippen molar-refractivity contribution < 1.29 is 4.79 Å². The van der Waals surface area contributed by atoms with Gasteiger partial charge in [-0.1, -0.05) is 24.6 Å². The molecule has 1 aromatic heterocycles. The number of hydrogen-bond acceptors (Lipinski definition) is 2. The van der Waals surface area contributed by atoms with Crippen molar-refractivity contribution in [1.82, 2.24) is 9.47 Å². The highest BCUT2D eigenvalue weighted by atomic mass is 16.1. The summed E-state index contributed by atoms with van der Waals surface area (Å²) in [5.74, 6) is 0.946. The lowest BCUT2D eigenvalue weighted by Crippen LogP contribution is -2.38. The predicted molar refractivity (Wildman–Crippen MR) is 99.1 cm³/mol. The number of likely N-dealkylation sites (tertiary alicyclic amines) is 1. The Labute approximate surface area is 145 Å². The summed E-state index contributed by atoms with van der Waals surface area (Å²) in [7, 11) is 0. The second-order valence-electron chi connectivity index (χ2n) is 7.36. The third-order valence-electron chi connectivity index (χ3n) is 5.13. The summed E-state index contributed by atoms with van der Waals surface area (Å²) in [5.41, 5.74) is 5.41. The van der Waals surface area contributed by atoms with Gasteiger partial charge in [0.2, 0.25) is 0 Å². The lowest BCUT2D eigenvalue weighted by Gasteiger charge is -2.30. The Kier molecular flexibility index (Phi) is 4.91. The van der Waals surface area contributed by atoms with Crippen LogP contribution < -0.4 is 0 Å². The molecule has 128 valence electrons. The number of piperidine rings is 1. The van der Waals surface area contributed by atoms with Crippen LogP contribution in [0, 0.1) is 26.7 Å². The number of ketones is 1. The first kappa shape index (κ1) is 17.0. The van der Waals surface area contributed by atoms with Gasteiger partial charge in [0.05, 0.1) is 6.54 Å². The average molecular weight is 324 g/mol. The normalized spacial score (nSPS) is 18.8. The molecule has 1 aliphatic rings. The van der Waals surface area contributed by atoms with E-state index in [-0.39, 0.29) is 5.78 Å². The summed E-state index contributed by atoms with van der Waals surface area (Å²) < 4.78 is 2.19. The fourth-order valence-corrected chi connectivity index (χ4v) is 3.85. The standard InChI is InChI=1S/C21H28N2O/c1-15-7-9-19(10-8-15)23-17(3)12-20(18(23)4)21(24)14-22-11-5-6-16(2)13-22/h7-10,12,16H,5-6,11,13-14H2,1-4H3. The van der Waals surface area contributed by atoms with Gasteiger partial charge < -0.3 is 4.57 Å². The topological polar surface area (TPSA) is 25.2 Å². The fraction of sp³-hybridized carbons (Fsp3) is 0.476. The third-order valence-corrected chi connectivity index (χ3v) is 5.13. The van der Waals surface area contributed by atoms with E-state index in [0.717, 1.165) is 35.7 Å². The number of hydrogen-bond donors (Lipinski definition) is 0. The molecule has 2 aromatic rings. The molecular weight excluding hydrogens is 296 g/mol. The van der Waals surface area contributed by atoms with E-state index in [1.165, 1.54) is 18.4 Å². The van der Waals surface area contributed by atoms with Crippen molar-refractivity contribution in [3.8, 4) is 5.69 Å². The fourth-order valence-electron chi connectivity index (χ4n) is 3.85. The number of carbonyl (C=O) groups excluding carboxylic acids is 1. The molecule has 1 fully saturated rings. The number of rotatable bonds is 4. The molecule has 0 saturated carbocycles. The highest BCUT2D eigenvalue weighted by Crippen LogP contribution is 2.23. The lowest BCUT2D eigenvalue weighted by molar-refractivity contribution is 0.0892. The number of benzene rings is 1. The Balaban J connectivity index is 1.83. The Hall–Kier alpha value is -1.87. The van der Waals surface area contributed by atoms with Crippen molar-refractivity contribution in [2.75, 3.05) is 19.6 Å². The molecule has 3 nitrogen and oxygen atoms in total. The number of Topliss-reactive ketones (excluding diaryl/α,β-unsaturated/α-hetero) is 1. The zero-order valence-corrected chi connectivity index (χ0v) is 15.3. The number of aromatic nitrogens is 1. The van der Waals surface area contributed by atoms with Crippen LogP contribution in [0.2, 0.25) is 0 Å². The summed E-state index contributed by atoms with van der Waals surface area (Å²) >= 11 is 0. The van der Waals surface area contributed by atoms with Crippen LogP contribution in [0.5, 0.6) is 0 Å². The van der Waals surface area contributed by atoms with Crippen LogP contribution in [0.15, 0.2) is 30.3 Å². The summed E-state index contributed by atoms with van der Waals surface area (Å²) in [6, 6.07) is 10.5. The minimum atomic E-state index is 0.246. The van der Waals surface area contributed by atoms with Crippen molar-refractivity contribution in [3.63, 3.8) is 0 Å². The summed E-state index contributed by atoms with van der Waals surface area (Å²) in [4.78, 5) is 15.2. The maximum absolute atomic E-state index is 12.8. The Morgan fingerprint density at radius 2 is 1.88 bits per heavy atom. The van der Waals surface area contributed by atoms with E-state index < -0.39 is 0 Å². The van der Waals surface area contributed by atoms with E-state index in [1.54, 1.807) is 0 Å². The van der Waals surface area contributed by atoms with E-state index in [1.807, 2.05) is 6.07 Å². The van der Waals surface area contributed by atoms with Crippen molar-refractivity contribution in [2.24, 2.45) is 5.92 Å². The van der Waals surface area contributed by atoms with Gasteiger partial charge in [0, 0.05) is 29.2 Å². The molecule has 0 bridgehead atoms. The zero-order chi connectivity index (χ0) is 17.3. The molecule has 1 atom stereocenters. The maximum Gasteiger partial charge on any atom is 0.178 e. The smallest absolute Gasteiger partial charge is 0.178 e. The predicted octanol–water partition coefficient (Wildman–Crippen LogP) is 4.32. The zero-order valence-electron chi connectivity index (χ0n) is 15.3. The largest absolute Gasteiger partial charge is 0.318 e. The van der Waals surface area contributed by atoms with Gasteiger partial charge in [-0.05, 0) is 64.3 Å². The quantitative estimate of drug-likeness (QED) is 0.783. The first-order chi connectivity index (χ1) is 11.5. The Morgan fingerprint density at radius 3 is 2.54 bits per heavy atom. The van der Waals surface area contributed by atoms with E-state index in [4.69, 9.17) is 0 Å². The molecule has 0 radical (unpaired) electrons. The van der Waals surface area contributed by atoms with E-state index in [2.05, 4.69) is 61.4 Å². The SMILES string of the molecule is Cc1ccc(-n2c(C)cc(C(=O)CN3CCCC(C)C3)c2C)cc1. The molecule has 1 saturated heterocycles. The molecule has 1 unspecified atom stereocenters. The molecule has 24 heavy (non-hydrogen) atoms. The van der Waals surface area contributed by atoms with Gasteiger partial charge in [-0.2, -0.15) is 0 Å². The minimum absolute atomic E-state index is 0.246. The molecule has 0 spiro atoms. The van der Waals surface area contributed by atoms with E-state index in [9.17, 15) is 4.79 Å². The second kappa shape index (κ2) is 6.94. The number of carbonyl (C=O) groups is 1.